The Bertz CT molecular complexity index is 1110. The summed E-state index contributed by atoms with van der Waals surface area (Å²) in [5.41, 5.74) is 1.98. The molecule has 2 aromatic carbocycles. The zero-order valence-electron chi connectivity index (χ0n) is 16.6. The third-order valence-electron chi connectivity index (χ3n) is 5.53. The van der Waals surface area contributed by atoms with Crippen molar-refractivity contribution < 1.29 is 4.79 Å². The van der Waals surface area contributed by atoms with Crippen LogP contribution in [0.25, 0.3) is 10.8 Å². The van der Waals surface area contributed by atoms with Crippen molar-refractivity contribution in [3.8, 4) is 18.4 Å². The minimum Gasteiger partial charge on any atom is -0.300 e. The first-order valence-corrected chi connectivity index (χ1v) is 10.8. The largest absolute Gasteiger partial charge is 0.300 e. The number of amidine groups is 1. The molecule has 2 fully saturated rings. The third-order valence-corrected chi connectivity index (χ3v) is 6.37. The number of hydrogen-bond donors (Lipinski definition) is 1. The fourth-order valence-electron chi connectivity index (χ4n) is 4.02. The maximum absolute atomic E-state index is 11.7. The molecule has 150 valence electrons. The number of thioether (sulfide) groups is 1. The van der Waals surface area contributed by atoms with Gasteiger partial charge in [0, 0.05) is 6.54 Å². The van der Waals surface area contributed by atoms with Crippen LogP contribution in [-0.4, -0.2) is 35.6 Å². The molecule has 1 amide bonds. The van der Waals surface area contributed by atoms with Crippen molar-refractivity contribution in [2.24, 2.45) is 10.9 Å². The molecule has 2 aliphatic rings. The normalized spacial score (nSPS) is 20.4. The number of amides is 1. The molecule has 1 N–H and O–H groups in total. The predicted molar refractivity (Wildman–Crippen MR) is 122 cm³/mol. The molecule has 2 saturated heterocycles. The average molecular weight is 415 g/mol. The molecule has 0 atom stereocenters. The van der Waals surface area contributed by atoms with Gasteiger partial charge in [-0.1, -0.05) is 42.3 Å². The van der Waals surface area contributed by atoms with E-state index in [-0.39, 0.29) is 11.8 Å². The number of aliphatic imine (C=N–C) groups is 1. The van der Waals surface area contributed by atoms with Crippen LogP contribution in [0.3, 0.4) is 0 Å². The number of nitrogens with zero attached hydrogens (tertiary/aromatic N) is 3. The summed E-state index contributed by atoms with van der Waals surface area (Å²) in [5, 5.41) is 14.2. The van der Waals surface area contributed by atoms with Gasteiger partial charge in [-0.3, -0.25) is 14.7 Å². The molecule has 4 rings (SSSR count). The van der Waals surface area contributed by atoms with Gasteiger partial charge < -0.3 is 5.32 Å². The van der Waals surface area contributed by atoms with Crippen LogP contribution < -0.4 is 5.32 Å². The van der Waals surface area contributed by atoms with Crippen LogP contribution in [0, 0.1) is 29.6 Å². The fraction of sp³-hybridized carbons (Fsp3) is 0.292. The number of benzene rings is 2. The van der Waals surface area contributed by atoms with E-state index in [1.54, 1.807) is 0 Å². The van der Waals surface area contributed by atoms with Crippen LogP contribution in [-0.2, 0) is 6.54 Å². The summed E-state index contributed by atoms with van der Waals surface area (Å²) in [6.07, 6.45) is 9.53. The molecule has 0 saturated carbocycles. The summed E-state index contributed by atoms with van der Waals surface area (Å²) in [6, 6.07) is 14.4. The van der Waals surface area contributed by atoms with Crippen LogP contribution in [0.5, 0.6) is 0 Å². The zero-order chi connectivity index (χ0) is 20.9. The predicted octanol–water partition coefficient (Wildman–Crippen LogP) is 4.30. The van der Waals surface area contributed by atoms with Crippen LogP contribution in [0.1, 0.15) is 24.0 Å². The maximum atomic E-state index is 11.7. The highest BCUT2D eigenvalue weighted by Crippen LogP contribution is 2.30. The first-order chi connectivity index (χ1) is 14.7. The molecule has 2 aliphatic heterocycles. The van der Waals surface area contributed by atoms with Crippen molar-refractivity contribution in [3.05, 3.63) is 58.5 Å². The number of carbonyl (C=O) groups excluding carboxylic acids is 1. The van der Waals surface area contributed by atoms with E-state index in [4.69, 9.17) is 6.42 Å². The Balaban J connectivity index is 1.42. The summed E-state index contributed by atoms with van der Waals surface area (Å²) in [7, 11) is 0. The SMILES string of the molecule is C#CCN=C1NC(=O)S/C1=C\C1CCN(Cc2ccc(C#N)c3ccccc23)CC1. The molecule has 6 heteroatoms. The van der Waals surface area contributed by atoms with E-state index in [1.807, 2.05) is 24.3 Å². The number of hydrogen-bond acceptors (Lipinski definition) is 5. The minimum absolute atomic E-state index is 0.0952. The Morgan fingerprint density at radius 3 is 2.73 bits per heavy atom. The number of fused-ring (bicyclic) bond motifs is 1. The molecule has 0 radical (unpaired) electrons. The van der Waals surface area contributed by atoms with Gasteiger partial charge in [0.25, 0.3) is 5.24 Å². The Morgan fingerprint density at radius 1 is 1.23 bits per heavy atom. The van der Waals surface area contributed by atoms with E-state index in [1.165, 1.54) is 17.3 Å². The number of terminal acetylenes is 1. The van der Waals surface area contributed by atoms with E-state index in [9.17, 15) is 10.1 Å². The molecule has 2 heterocycles. The van der Waals surface area contributed by atoms with E-state index >= 15 is 0 Å². The van der Waals surface area contributed by atoms with Gasteiger partial charge in [0.15, 0.2) is 0 Å². The third kappa shape index (κ3) is 4.41. The number of allylic oxidation sites excluding steroid dienone is 1. The van der Waals surface area contributed by atoms with E-state index in [0.717, 1.165) is 53.7 Å². The maximum Gasteiger partial charge on any atom is 0.289 e. The summed E-state index contributed by atoms with van der Waals surface area (Å²) in [6.45, 7) is 3.13. The van der Waals surface area contributed by atoms with Gasteiger partial charge in [0.1, 0.15) is 12.4 Å². The van der Waals surface area contributed by atoms with Crippen molar-refractivity contribution in [1.29, 1.82) is 5.26 Å². The van der Waals surface area contributed by atoms with Gasteiger partial charge in [-0.05, 0) is 66.0 Å². The van der Waals surface area contributed by atoms with Gasteiger partial charge >= 0.3 is 0 Å². The van der Waals surface area contributed by atoms with Crippen molar-refractivity contribution in [3.63, 3.8) is 0 Å². The highest BCUT2D eigenvalue weighted by molar-refractivity contribution is 8.18. The average Bonchev–Trinajstić information content (AvgIpc) is 3.12. The summed E-state index contributed by atoms with van der Waals surface area (Å²) >= 11 is 1.20. The second-order valence-corrected chi connectivity index (χ2v) is 8.47. The van der Waals surface area contributed by atoms with Gasteiger partial charge in [-0.25, -0.2) is 0 Å². The second kappa shape index (κ2) is 9.17. The molecule has 0 aliphatic carbocycles. The van der Waals surface area contributed by atoms with Crippen molar-refractivity contribution >= 4 is 33.6 Å². The number of likely N-dealkylation sites (tertiary alicyclic amines) is 1. The smallest absolute Gasteiger partial charge is 0.289 e. The van der Waals surface area contributed by atoms with E-state index in [2.05, 4.69) is 45.4 Å². The van der Waals surface area contributed by atoms with Crippen LogP contribution in [0.15, 0.2) is 52.4 Å². The lowest BCUT2D eigenvalue weighted by molar-refractivity contribution is 0.196. The van der Waals surface area contributed by atoms with E-state index < -0.39 is 0 Å². The fourth-order valence-corrected chi connectivity index (χ4v) is 4.84. The van der Waals surface area contributed by atoms with Gasteiger partial charge in [-0.2, -0.15) is 5.26 Å². The summed E-state index contributed by atoms with van der Waals surface area (Å²) in [4.78, 5) is 19.4. The zero-order valence-corrected chi connectivity index (χ0v) is 17.4. The Kier molecular flexibility index (Phi) is 6.18. The number of rotatable bonds is 4. The van der Waals surface area contributed by atoms with Crippen LogP contribution in [0.4, 0.5) is 4.79 Å². The Hall–Kier alpha value is -3.06. The van der Waals surface area contributed by atoms with Gasteiger partial charge in [0.2, 0.25) is 0 Å². The molecule has 30 heavy (non-hydrogen) atoms. The molecule has 0 bridgehead atoms. The highest BCUT2D eigenvalue weighted by Gasteiger charge is 2.26. The van der Waals surface area contributed by atoms with Crippen molar-refractivity contribution in [2.45, 2.75) is 19.4 Å². The minimum atomic E-state index is -0.0952. The number of nitrogens with one attached hydrogen (secondary N) is 1. The molecule has 0 spiro atoms. The summed E-state index contributed by atoms with van der Waals surface area (Å²) in [5.74, 6) is 3.51. The first kappa shape index (κ1) is 20.2. The van der Waals surface area contributed by atoms with Crippen LogP contribution in [0.2, 0.25) is 0 Å². The van der Waals surface area contributed by atoms with Crippen molar-refractivity contribution in [1.82, 2.24) is 10.2 Å². The van der Waals surface area contributed by atoms with Gasteiger partial charge in [0.05, 0.1) is 16.5 Å². The summed E-state index contributed by atoms with van der Waals surface area (Å²) < 4.78 is 0. The number of carbonyl (C=O) groups is 1. The van der Waals surface area contributed by atoms with E-state index in [0.29, 0.717) is 11.8 Å². The molecule has 0 unspecified atom stereocenters. The molecular formula is C24H22N4OS. The molecular weight excluding hydrogens is 392 g/mol. The highest BCUT2D eigenvalue weighted by atomic mass is 32.2. The lowest BCUT2D eigenvalue weighted by Gasteiger charge is -2.31. The molecule has 5 nitrogen and oxygen atoms in total. The molecule has 0 aromatic heterocycles. The molecule has 2 aromatic rings. The Morgan fingerprint density at radius 2 is 2.00 bits per heavy atom. The standard InChI is InChI=1S/C24H22N4OS/c1-2-11-26-23-22(30-24(29)27-23)14-17-9-12-28(13-10-17)16-19-8-7-18(15-25)20-5-3-4-6-21(19)20/h1,3-8,14,17H,9-13,16H2,(H,26,27,29)/b22-14-. The lowest BCUT2D eigenvalue weighted by Crippen LogP contribution is -2.33. The van der Waals surface area contributed by atoms with Gasteiger partial charge in [-0.15, -0.1) is 6.42 Å². The Labute approximate surface area is 180 Å². The second-order valence-electron chi connectivity index (χ2n) is 7.46. The monoisotopic (exact) mass is 414 g/mol. The van der Waals surface area contributed by atoms with Crippen molar-refractivity contribution in [2.75, 3.05) is 19.6 Å². The first-order valence-electron chi connectivity index (χ1n) is 10.00. The van der Waals surface area contributed by atoms with Crippen LogP contribution >= 0.6 is 11.8 Å². The number of piperidine rings is 1. The quantitative estimate of drug-likeness (QED) is 0.758. The topological polar surface area (TPSA) is 68.5 Å². The lowest BCUT2D eigenvalue weighted by atomic mass is 9.95. The number of nitriles is 1.